The number of nitrogens with one attached hydrogen (secondary N) is 2. The summed E-state index contributed by atoms with van der Waals surface area (Å²) >= 11 is 0. The van der Waals surface area contributed by atoms with Crippen LogP contribution in [0.5, 0.6) is 0 Å². The lowest BCUT2D eigenvalue weighted by atomic mass is 10.1. The molecule has 0 aromatic carbocycles. The van der Waals surface area contributed by atoms with E-state index in [1.54, 1.807) is 13.8 Å². The quantitative estimate of drug-likeness (QED) is 0.265. The van der Waals surface area contributed by atoms with Crippen molar-refractivity contribution in [2.45, 2.75) is 32.5 Å². The number of rotatable bonds is 10. The van der Waals surface area contributed by atoms with Gasteiger partial charge in [-0.3, -0.25) is 15.4 Å². The Labute approximate surface area is 100 Å². The number of alkyl halides is 2. The van der Waals surface area contributed by atoms with Gasteiger partial charge in [-0.2, -0.15) is 0 Å². The van der Waals surface area contributed by atoms with Crippen LogP contribution in [0.3, 0.4) is 0 Å². The second kappa shape index (κ2) is 9.23. The van der Waals surface area contributed by atoms with Crippen molar-refractivity contribution >= 4 is 0 Å². The summed E-state index contributed by atoms with van der Waals surface area (Å²) in [6.07, 6.45) is -1.31. The molecule has 0 aliphatic rings. The van der Waals surface area contributed by atoms with Crippen molar-refractivity contribution < 1.29 is 13.7 Å². The van der Waals surface area contributed by atoms with Crippen molar-refractivity contribution in [1.29, 1.82) is 0 Å². The van der Waals surface area contributed by atoms with Crippen LogP contribution in [0.2, 0.25) is 0 Å². The zero-order valence-corrected chi connectivity index (χ0v) is 10.3. The Hall–Kier alpha value is -0.820. The predicted molar refractivity (Wildman–Crippen MR) is 62.0 cm³/mol. The summed E-state index contributed by atoms with van der Waals surface area (Å²) in [7, 11) is 0. The average Bonchev–Trinajstić information content (AvgIpc) is 2.26. The molecule has 2 N–H and O–H groups in total. The second-order valence-electron chi connectivity index (χ2n) is 4.27. The predicted octanol–water partition coefficient (Wildman–Crippen LogP) is 1.12. The number of hydrogen-bond acceptors (Lipinski definition) is 4. The van der Waals surface area contributed by atoms with Crippen molar-refractivity contribution in [3.8, 4) is 0 Å². The molecule has 5 nitrogen and oxygen atoms in total. The number of halogens is 2. The lowest BCUT2D eigenvalue weighted by Crippen LogP contribution is -2.41. The van der Waals surface area contributed by atoms with Gasteiger partial charge in [0.05, 0.1) is 6.54 Å². The maximum absolute atomic E-state index is 12.5. The highest BCUT2D eigenvalue weighted by atomic mass is 19.2. The van der Waals surface area contributed by atoms with Crippen molar-refractivity contribution in [2.75, 3.05) is 26.4 Å². The number of nitrogens with zero attached hydrogens (tertiary/aromatic N) is 1. The van der Waals surface area contributed by atoms with Gasteiger partial charge >= 0.3 is 0 Å². The molecule has 0 amide bonds. The van der Waals surface area contributed by atoms with Crippen LogP contribution in [0.1, 0.15) is 20.3 Å². The van der Waals surface area contributed by atoms with Crippen LogP contribution < -0.4 is 10.6 Å². The zero-order valence-electron chi connectivity index (χ0n) is 10.3. The molecule has 0 aliphatic heterocycles. The first-order valence-corrected chi connectivity index (χ1v) is 5.74. The summed E-state index contributed by atoms with van der Waals surface area (Å²) in [4.78, 5) is 10.3. The van der Waals surface area contributed by atoms with Crippen LogP contribution >= 0.6 is 0 Å². The Balaban J connectivity index is 3.53. The minimum atomic E-state index is -1.43. The van der Waals surface area contributed by atoms with Gasteiger partial charge in [-0.15, -0.1) is 0 Å². The van der Waals surface area contributed by atoms with E-state index in [1.807, 2.05) is 0 Å². The zero-order chi connectivity index (χ0) is 13.3. The van der Waals surface area contributed by atoms with Gasteiger partial charge in [-0.1, -0.05) is 13.8 Å². The molecule has 2 unspecified atom stereocenters. The first kappa shape index (κ1) is 16.2. The Bertz CT molecular complexity index is 218. The molecule has 0 aromatic rings. The summed E-state index contributed by atoms with van der Waals surface area (Å²) < 4.78 is 24.2. The summed E-state index contributed by atoms with van der Waals surface area (Å²) in [6.45, 7) is 3.58. The highest BCUT2D eigenvalue weighted by molar-refractivity contribution is 4.64. The van der Waals surface area contributed by atoms with Crippen LogP contribution in [-0.4, -0.2) is 43.6 Å². The van der Waals surface area contributed by atoms with E-state index in [4.69, 9.17) is 0 Å². The minimum Gasteiger partial charge on any atom is -0.304 e. The van der Waals surface area contributed by atoms with Crippen LogP contribution in [0.4, 0.5) is 8.78 Å². The molecule has 0 radical (unpaired) electrons. The van der Waals surface area contributed by atoms with E-state index in [-0.39, 0.29) is 23.8 Å². The summed E-state index contributed by atoms with van der Waals surface area (Å²) in [6, 6.07) is -0.628. The van der Waals surface area contributed by atoms with Crippen LogP contribution in [0.25, 0.3) is 0 Å². The second-order valence-corrected chi connectivity index (χ2v) is 4.27. The van der Waals surface area contributed by atoms with Crippen molar-refractivity contribution in [3.63, 3.8) is 0 Å². The first-order valence-electron chi connectivity index (χ1n) is 5.74. The van der Waals surface area contributed by atoms with Gasteiger partial charge in [0.2, 0.25) is 6.04 Å². The number of nitro groups is 1. The van der Waals surface area contributed by atoms with Crippen molar-refractivity contribution in [3.05, 3.63) is 10.1 Å². The Morgan fingerprint density at radius 1 is 1.35 bits per heavy atom. The third kappa shape index (κ3) is 7.98. The Morgan fingerprint density at radius 2 is 2.00 bits per heavy atom. The average molecular weight is 253 g/mol. The van der Waals surface area contributed by atoms with E-state index in [1.165, 1.54) is 0 Å². The normalized spacial score (nSPS) is 14.9. The molecule has 17 heavy (non-hydrogen) atoms. The minimum absolute atomic E-state index is 0.0424. The Morgan fingerprint density at radius 3 is 2.47 bits per heavy atom. The van der Waals surface area contributed by atoms with Gasteiger partial charge < -0.3 is 5.32 Å². The standard InChI is InChI=1S/C10H21F2N3O2/c1-8(2)10(15(16)17)6-14-7-13-4-3-9(12)5-11/h8-10,13-14H,3-7H2,1-2H3. The molecule has 2 atom stereocenters. The maximum Gasteiger partial charge on any atom is 0.227 e. The van der Waals surface area contributed by atoms with E-state index in [0.717, 1.165) is 0 Å². The fraction of sp³-hybridized carbons (Fsp3) is 1.00. The molecule has 0 aliphatic carbocycles. The molecule has 0 heterocycles. The van der Waals surface area contributed by atoms with Crippen molar-refractivity contribution in [1.82, 2.24) is 10.6 Å². The highest BCUT2D eigenvalue weighted by Crippen LogP contribution is 2.03. The highest BCUT2D eigenvalue weighted by Gasteiger charge is 2.23. The van der Waals surface area contributed by atoms with Gasteiger partial charge in [0.1, 0.15) is 12.8 Å². The first-order chi connectivity index (χ1) is 7.99. The molecule has 0 aromatic heterocycles. The smallest absolute Gasteiger partial charge is 0.227 e. The van der Waals surface area contributed by atoms with E-state index >= 15 is 0 Å². The lowest BCUT2D eigenvalue weighted by molar-refractivity contribution is -0.528. The molecule has 7 heteroatoms. The van der Waals surface area contributed by atoms with Gasteiger partial charge in [-0.25, -0.2) is 8.78 Å². The topological polar surface area (TPSA) is 67.2 Å². The summed E-state index contributed by atoms with van der Waals surface area (Å²) in [5.74, 6) is -0.0424. The molecular formula is C10H21F2N3O2. The van der Waals surface area contributed by atoms with Gasteiger partial charge in [0.15, 0.2) is 0 Å². The molecule has 0 fully saturated rings. The molecule has 0 saturated carbocycles. The molecule has 0 spiro atoms. The third-order valence-electron chi connectivity index (χ3n) is 2.45. The summed E-state index contributed by atoms with van der Waals surface area (Å²) in [5, 5.41) is 16.4. The largest absolute Gasteiger partial charge is 0.304 e. The van der Waals surface area contributed by atoms with Gasteiger partial charge in [0.25, 0.3) is 0 Å². The molecule has 0 rings (SSSR count). The van der Waals surface area contributed by atoms with Gasteiger partial charge in [0, 0.05) is 17.5 Å². The lowest BCUT2D eigenvalue weighted by Gasteiger charge is -2.14. The van der Waals surface area contributed by atoms with E-state index in [2.05, 4.69) is 10.6 Å². The fourth-order valence-electron chi connectivity index (χ4n) is 1.29. The molecule has 102 valence electrons. The van der Waals surface area contributed by atoms with Gasteiger partial charge in [-0.05, 0) is 13.0 Å². The van der Waals surface area contributed by atoms with Crippen LogP contribution in [0.15, 0.2) is 0 Å². The van der Waals surface area contributed by atoms with E-state index in [0.29, 0.717) is 13.2 Å². The number of hydrogen-bond donors (Lipinski definition) is 2. The maximum atomic E-state index is 12.5. The van der Waals surface area contributed by atoms with Crippen molar-refractivity contribution in [2.24, 2.45) is 5.92 Å². The fourth-order valence-corrected chi connectivity index (χ4v) is 1.29. The monoisotopic (exact) mass is 253 g/mol. The third-order valence-corrected chi connectivity index (χ3v) is 2.45. The van der Waals surface area contributed by atoms with E-state index < -0.39 is 18.9 Å². The van der Waals surface area contributed by atoms with Crippen LogP contribution in [0, 0.1) is 16.0 Å². The summed E-state index contributed by atoms with van der Waals surface area (Å²) in [5.41, 5.74) is 0. The SMILES string of the molecule is CC(C)C(CNCNCCC(F)CF)[N+](=O)[O-]. The van der Waals surface area contributed by atoms with Crippen LogP contribution in [-0.2, 0) is 0 Å². The van der Waals surface area contributed by atoms with E-state index in [9.17, 15) is 18.9 Å². The molecular weight excluding hydrogens is 232 g/mol. The Kier molecular flexibility index (Phi) is 8.79. The molecule has 0 bridgehead atoms. The molecule has 0 saturated heterocycles.